The number of pyridine rings is 2. The van der Waals surface area contributed by atoms with E-state index in [-0.39, 0.29) is 0 Å². The van der Waals surface area contributed by atoms with Crippen LogP contribution in [0.15, 0.2) is 170 Å². The van der Waals surface area contributed by atoms with Gasteiger partial charge in [0.1, 0.15) is 0 Å². The van der Waals surface area contributed by atoms with Crippen LogP contribution in [0, 0.1) is 0 Å². The fourth-order valence-corrected chi connectivity index (χ4v) is 10.00. The molecular weight excluding hydrogens is 669 g/mol. The third-order valence-electron chi connectivity index (χ3n) is 10.4. The van der Waals surface area contributed by atoms with E-state index in [2.05, 4.69) is 158 Å². The van der Waals surface area contributed by atoms with Gasteiger partial charge in [-0.1, -0.05) is 109 Å². The van der Waals surface area contributed by atoms with Gasteiger partial charge < -0.3 is 0 Å². The Balaban J connectivity index is 0.934. The summed E-state index contributed by atoms with van der Waals surface area (Å²) in [7, 11) is 0. The number of hydrogen-bond acceptors (Lipinski definition) is 4. The lowest BCUT2D eigenvalue weighted by atomic mass is 9.94. The zero-order valence-electron chi connectivity index (χ0n) is 27.9. The second kappa shape index (κ2) is 11.7. The molecule has 0 unspecified atom stereocenters. The minimum absolute atomic E-state index is 0.920. The Morgan fingerprint density at radius 2 is 0.673 bits per heavy atom. The van der Waals surface area contributed by atoms with E-state index in [1.807, 2.05) is 35.1 Å². The Morgan fingerprint density at radius 1 is 0.288 bits per heavy atom. The molecule has 0 bridgehead atoms. The molecule has 2 nitrogen and oxygen atoms in total. The van der Waals surface area contributed by atoms with Gasteiger partial charge in [0.2, 0.25) is 0 Å². The summed E-state index contributed by atoms with van der Waals surface area (Å²) in [6.07, 6.45) is 3.83. The molecule has 4 aromatic heterocycles. The molecule has 11 aromatic rings. The van der Waals surface area contributed by atoms with Crippen LogP contribution in [0.25, 0.3) is 107 Å². The maximum Gasteiger partial charge on any atom is 0.0970 e. The molecule has 0 N–H and O–H groups in total. The topological polar surface area (TPSA) is 25.8 Å². The van der Waals surface area contributed by atoms with Crippen LogP contribution in [0.3, 0.4) is 0 Å². The lowest BCUT2D eigenvalue weighted by molar-refractivity contribution is 1.37. The Kier molecular flexibility index (Phi) is 6.63. The minimum atomic E-state index is 0.920. The van der Waals surface area contributed by atoms with Gasteiger partial charge in [-0.05, 0) is 93.0 Å². The molecule has 7 aromatic carbocycles. The molecule has 0 aliphatic carbocycles. The van der Waals surface area contributed by atoms with Crippen LogP contribution in [0.4, 0.5) is 0 Å². The van der Waals surface area contributed by atoms with Crippen molar-refractivity contribution in [2.24, 2.45) is 0 Å². The van der Waals surface area contributed by atoms with Crippen molar-refractivity contribution in [2.45, 2.75) is 0 Å². The second-order valence-electron chi connectivity index (χ2n) is 13.3. The molecule has 0 fully saturated rings. The number of fused-ring (bicyclic) bond motifs is 9. The molecule has 11 rings (SSSR count). The third-order valence-corrected chi connectivity index (χ3v) is 12.7. The van der Waals surface area contributed by atoms with E-state index in [1.54, 1.807) is 0 Å². The van der Waals surface area contributed by atoms with Crippen LogP contribution in [0.1, 0.15) is 0 Å². The monoisotopic (exact) mass is 696 g/mol. The Hall–Kier alpha value is -6.20. The van der Waals surface area contributed by atoms with Crippen molar-refractivity contribution in [3.8, 4) is 44.5 Å². The zero-order valence-corrected chi connectivity index (χ0v) is 29.5. The fraction of sp³-hybridized carbons (Fsp3) is 0. The lowest BCUT2D eigenvalue weighted by Crippen LogP contribution is -1.90. The van der Waals surface area contributed by atoms with E-state index in [0.29, 0.717) is 0 Å². The molecule has 0 spiro atoms. The van der Waals surface area contributed by atoms with E-state index < -0.39 is 0 Å². The fourth-order valence-electron chi connectivity index (χ4n) is 7.83. The maximum absolute atomic E-state index is 4.88. The molecular formula is C48H28N2S2. The van der Waals surface area contributed by atoms with Crippen LogP contribution in [0.5, 0.6) is 0 Å². The number of rotatable bonds is 4. The van der Waals surface area contributed by atoms with Gasteiger partial charge in [-0.25, -0.2) is 0 Å². The summed E-state index contributed by atoms with van der Waals surface area (Å²) in [5.74, 6) is 0. The summed E-state index contributed by atoms with van der Waals surface area (Å²) in [6.45, 7) is 0. The molecule has 52 heavy (non-hydrogen) atoms. The van der Waals surface area contributed by atoms with Gasteiger partial charge in [0.05, 0.1) is 11.0 Å². The average molecular weight is 697 g/mol. The van der Waals surface area contributed by atoms with Crippen LogP contribution >= 0.6 is 22.7 Å². The van der Waals surface area contributed by atoms with Crippen molar-refractivity contribution in [3.05, 3.63) is 170 Å². The van der Waals surface area contributed by atoms with Crippen molar-refractivity contribution in [1.82, 2.24) is 9.97 Å². The predicted octanol–water partition coefficient (Wildman–Crippen LogP) is 14.2. The molecule has 4 heteroatoms. The highest BCUT2D eigenvalue weighted by Crippen LogP contribution is 2.40. The molecule has 4 heterocycles. The molecule has 0 amide bonds. The number of nitrogens with zero attached hydrogens (tertiary/aromatic N) is 2. The van der Waals surface area contributed by atoms with Crippen molar-refractivity contribution in [3.63, 3.8) is 0 Å². The molecule has 242 valence electrons. The molecule has 0 aliphatic heterocycles. The maximum atomic E-state index is 4.88. The molecule has 0 saturated carbocycles. The average Bonchev–Trinajstić information content (AvgIpc) is 3.78. The first-order chi connectivity index (χ1) is 25.7. The van der Waals surface area contributed by atoms with E-state index in [1.165, 1.54) is 62.6 Å². The van der Waals surface area contributed by atoms with Gasteiger partial charge in [-0.2, -0.15) is 0 Å². The summed E-state index contributed by atoms with van der Waals surface area (Å²) in [5, 5.41) is 7.50. The van der Waals surface area contributed by atoms with Crippen molar-refractivity contribution >= 4 is 84.8 Å². The van der Waals surface area contributed by atoms with E-state index in [4.69, 9.17) is 9.97 Å². The van der Waals surface area contributed by atoms with E-state index in [0.717, 1.165) is 44.1 Å². The summed E-state index contributed by atoms with van der Waals surface area (Å²) in [4.78, 5) is 9.76. The Morgan fingerprint density at radius 3 is 1.13 bits per heavy atom. The van der Waals surface area contributed by atoms with Gasteiger partial charge in [-0.3, -0.25) is 9.97 Å². The van der Waals surface area contributed by atoms with Crippen molar-refractivity contribution in [2.75, 3.05) is 0 Å². The highest BCUT2D eigenvalue weighted by atomic mass is 32.1. The largest absolute Gasteiger partial charge is 0.254 e. The summed E-state index contributed by atoms with van der Waals surface area (Å²) in [5.41, 5.74) is 11.4. The predicted molar refractivity (Wildman–Crippen MR) is 225 cm³/mol. The number of thiophene rings is 2. The van der Waals surface area contributed by atoms with Gasteiger partial charge in [0.15, 0.2) is 0 Å². The van der Waals surface area contributed by atoms with Crippen LogP contribution in [0.2, 0.25) is 0 Å². The Bertz CT molecular complexity index is 2950. The smallest absolute Gasteiger partial charge is 0.0970 e. The van der Waals surface area contributed by atoms with E-state index >= 15 is 0 Å². The standard InChI is InChI=1S/C48H28N2S2/c1-3-7-43-37(5-1)41-27-33(17-21-45(41)51-43)29-9-13-31(14-10-29)35-23-25-49-47-39(35)19-20-40-36(24-26-50-48(40)47)32-15-11-30(12-16-32)34-18-22-46-42(28-34)38-6-2-4-8-44(38)52-46/h1-28H. The summed E-state index contributed by atoms with van der Waals surface area (Å²) in [6, 6.07) is 57.5. The molecule has 0 radical (unpaired) electrons. The van der Waals surface area contributed by atoms with E-state index in [9.17, 15) is 0 Å². The van der Waals surface area contributed by atoms with Gasteiger partial charge >= 0.3 is 0 Å². The zero-order chi connectivity index (χ0) is 34.2. The minimum Gasteiger partial charge on any atom is -0.254 e. The number of aromatic nitrogens is 2. The van der Waals surface area contributed by atoms with Crippen LogP contribution in [-0.4, -0.2) is 9.97 Å². The van der Waals surface area contributed by atoms with Crippen LogP contribution in [-0.2, 0) is 0 Å². The quantitative estimate of drug-likeness (QED) is 0.171. The SMILES string of the molecule is c1ccc2c(c1)sc1ccc(-c3ccc(-c4ccnc5c4ccc4c(-c6ccc(-c7ccc8sc9ccccc9c8c7)cc6)ccnc45)cc3)cc12. The van der Waals surface area contributed by atoms with Gasteiger partial charge in [0, 0.05) is 63.5 Å². The lowest BCUT2D eigenvalue weighted by Gasteiger charge is -2.12. The third kappa shape index (κ3) is 4.69. The van der Waals surface area contributed by atoms with Crippen molar-refractivity contribution in [1.29, 1.82) is 0 Å². The normalized spacial score (nSPS) is 11.8. The van der Waals surface area contributed by atoms with Gasteiger partial charge in [-0.15, -0.1) is 22.7 Å². The highest BCUT2D eigenvalue weighted by Gasteiger charge is 2.14. The molecule has 0 aliphatic rings. The van der Waals surface area contributed by atoms with Crippen molar-refractivity contribution < 1.29 is 0 Å². The first-order valence-electron chi connectivity index (χ1n) is 17.5. The number of hydrogen-bond donors (Lipinski definition) is 0. The molecule has 0 atom stereocenters. The highest BCUT2D eigenvalue weighted by molar-refractivity contribution is 7.26. The van der Waals surface area contributed by atoms with Crippen LogP contribution < -0.4 is 0 Å². The number of benzene rings is 7. The second-order valence-corrected chi connectivity index (χ2v) is 15.5. The summed E-state index contributed by atoms with van der Waals surface area (Å²) >= 11 is 3.71. The van der Waals surface area contributed by atoms with Gasteiger partial charge in [0.25, 0.3) is 0 Å². The summed E-state index contributed by atoms with van der Waals surface area (Å²) < 4.78 is 5.32. The first kappa shape index (κ1) is 29.5. The molecule has 0 saturated heterocycles. The first-order valence-corrected chi connectivity index (χ1v) is 19.1. The Labute approximate surface area is 307 Å².